The standard InChI is InChI=1S/C20H23N3O5S/c1-5-29(25,26)28-11-6-7-12(17(8-11)27-4)18-21-15-9-13-14(10-16(15)22-18)23-19(24)20(13,2)3/h6-10,18,21-22H,5H2,1-4H3,(H,23,24). The molecule has 0 radical (unpaired) electrons. The van der Waals surface area contributed by atoms with Crippen LogP contribution in [0.2, 0.25) is 0 Å². The number of carbonyl (C=O) groups is 1. The molecule has 0 aliphatic carbocycles. The Bertz CT molecular complexity index is 1110. The number of anilines is 3. The van der Waals surface area contributed by atoms with Crippen molar-refractivity contribution in [3.05, 3.63) is 41.5 Å². The molecule has 0 fully saturated rings. The molecule has 0 aromatic heterocycles. The zero-order valence-electron chi connectivity index (χ0n) is 16.6. The zero-order chi connectivity index (χ0) is 21.0. The minimum Gasteiger partial charge on any atom is -0.496 e. The van der Waals surface area contributed by atoms with E-state index in [1.807, 2.05) is 26.0 Å². The molecular formula is C20H23N3O5S. The molecule has 9 heteroatoms. The number of rotatable bonds is 5. The van der Waals surface area contributed by atoms with Crippen LogP contribution in [0.1, 0.15) is 38.1 Å². The van der Waals surface area contributed by atoms with E-state index in [4.69, 9.17) is 8.92 Å². The van der Waals surface area contributed by atoms with Crippen LogP contribution in [-0.4, -0.2) is 27.2 Å². The van der Waals surface area contributed by atoms with Gasteiger partial charge in [-0.25, -0.2) is 0 Å². The minimum atomic E-state index is -3.62. The summed E-state index contributed by atoms with van der Waals surface area (Å²) in [7, 11) is -2.10. The summed E-state index contributed by atoms with van der Waals surface area (Å²) < 4.78 is 34.0. The van der Waals surface area contributed by atoms with E-state index >= 15 is 0 Å². The third-order valence-corrected chi connectivity index (χ3v) is 6.49. The lowest BCUT2D eigenvalue weighted by Gasteiger charge is -2.17. The van der Waals surface area contributed by atoms with Crippen molar-refractivity contribution < 1.29 is 22.1 Å². The second-order valence-corrected chi connectivity index (χ2v) is 9.44. The maximum atomic E-state index is 12.2. The number of hydrogen-bond donors (Lipinski definition) is 3. The molecule has 1 unspecified atom stereocenters. The van der Waals surface area contributed by atoms with Crippen molar-refractivity contribution in [1.29, 1.82) is 0 Å². The van der Waals surface area contributed by atoms with E-state index in [-0.39, 0.29) is 23.6 Å². The van der Waals surface area contributed by atoms with Gasteiger partial charge >= 0.3 is 10.1 Å². The third kappa shape index (κ3) is 3.25. The highest BCUT2D eigenvalue weighted by Crippen LogP contribution is 2.46. The van der Waals surface area contributed by atoms with Crippen LogP contribution >= 0.6 is 0 Å². The van der Waals surface area contributed by atoms with E-state index in [1.165, 1.54) is 14.0 Å². The molecule has 2 aliphatic rings. The van der Waals surface area contributed by atoms with Crippen LogP contribution in [-0.2, 0) is 20.3 Å². The Kier molecular flexibility index (Phi) is 4.38. The number of amides is 1. The molecule has 3 N–H and O–H groups in total. The van der Waals surface area contributed by atoms with Crippen LogP contribution in [0.5, 0.6) is 11.5 Å². The Morgan fingerprint density at radius 3 is 2.41 bits per heavy atom. The fourth-order valence-electron chi connectivity index (χ4n) is 3.55. The molecule has 8 nitrogen and oxygen atoms in total. The van der Waals surface area contributed by atoms with Gasteiger partial charge in [0.1, 0.15) is 17.7 Å². The number of fused-ring (bicyclic) bond motifs is 2. The largest absolute Gasteiger partial charge is 0.496 e. The lowest BCUT2D eigenvalue weighted by atomic mass is 9.86. The summed E-state index contributed by atoms with van der Waals surface area (Å²) in [4.78, 5) is 12.2. The number of benzene rings is 2. The lowest BCUT2D eigenvalue weighted by Crippen LogP contribution is -2.26. The van der Waals surface area contributed by atoms with Gasteiger partial charge in [-0.3, -0.25) is 4.79 Å². The summed E-state index contributed by atoms with van der Waals surface area (Å²) in [6.45, 7) is 5.31. The second-order valence-electron chi connectivity index (χ2n) is 7.58. The van der Waals surface area contributed by atoms with Gasteiger partial charge in [0, 0.05) is 17.3 Å². The van der Waals surface area contributed by atoms with Gasteiger partial charge in [-0.1, -0.05) is 0 Å². The Hall–Kier alpha value is -2.94. The molecule has 2 aromatic carbocycles. The average molecular weight is 417 g/mol. The normalized spacial score (nSPS) is 18.9. The fraction of sp³-hybridized carbons (Fsp3) is 0.350. The van der Waals surface area contributed by atoms with Gasteiger partial charge in [0.25, 0.3) is 0 Å². The van der Waals surface area contributed by atoms with E-state index < -0.39 is 15.5 Å². The van der Waals surface area contributed by atoms with Crippen molar-refractivity contribution in [1.82, 2.24) is 0 Å². The topological polar surface area (TPSA) is 106 Å². The summed E-state index contributed by atoms with van der Waals surface area (Å²) in [5.74, 6) is 0.557. The van der Waals surface area contributed by atoms with E-state index in [0.29, 0.717) is 5.75 Å². The highest BCUT2D eigenvalue weighted by molar-refractivity contribution is 7.87. The Morgan fingerprint density at radius 1 is 1.07 bits per heavy atom. The maximum absolute atomic E-state index is 12.2. The summed E-state index contributed by atoms with van der Waals surface area (Å²) in [6, 6.07) is 8.81. The molecule has 29 heavy (non-hydrogen) atoms. The van der Waals surface area contributed by atoms with E-state index in [1.54, 1.807) is 18.2 Å². The first kappa shape index (κ1) is 19.4. The van der Waals surface area contributed by atoms with E-state index in [0.717, 1.165) is 28.2 Å². The number of ether oxygens (including phenoxy) is 1. The van der Waals surface area contributed by atoms with Gasteiger partial charge in [-0.15, -0.1) is 0 Å². The minimum absolute atomic E-state index is 0.0213. The molecule has 2 aliphatic heterocycles. The Morgan fingerprint density at radius 2 is 1.76 bits per heavy atom. The van der Waals surface area contributed by atoms with E-state index in [2.05, 4.69) is 16.0 Å². The molecular weight excluding hydrogens is 394 g/mol. The summed E-state index contributed by atoms with van der Waals surface area (Å²) in [5.41, 5.74) is 3.70. The second kappa shape index (κ2) is 6.55. The molecule has 0 bridgehead atoms. The predicted octanol–water partition coefficient (Wildman–Crippen LogP) is 3.19. The fourth-order valence-corrected chi connectivity index (χ4v) is 4.06. The Balaban J connectivity index is 1.63. The first-order valence-electron chi connectivity index (χ1n) is 9.28. The molecule has 1 amide bonds. The van der Waals surface area contributed by atoms with Gasteiger partial charge in [-0.2, -0.15) is 8.42 Å². The monoisotopic (exact) mass is 417 g/mol. The highest BCUT2D eigenvalue weighted by atomic mass is 32.2. The number of methoxy groups -OCH3 is 1. The maximum Gasteiger partial charge on any atom is 0.308 e. The van der Waals surface area contributed by atoms with Gasteiger partial charge in [0.05, 0.1) is 29.7 Å². The van der Waals surface area contributed by atoms with Gasteiger partial charge in [-0.05, 0) is 50.6 Å². The van der Waals surface area contributed by atoms with Crippen molar-refractivity contribution in [3.8, 4) is 11.5 Å². The Labute approximate surface area is 169 Å². The molecule has 2 aromatic rings. The highest BCUT2D eigenvalue weighted by Gasteiger charge is 2.40. The number of hydrogen-bond acceptors (Lipinski definition) is 7. The smallest absolute Gasteiger partial charge is 0.308 e. The van der Waals surface area contributed by atoms with Crippen molar-refractivity contribution in [2.24, 2.45) is 0 Å². The van der Waals surface area contributed by atoms with Crippen LogP contribution in [0.15, 0.2) is 30.3 Å². The van der Waals surface area contributed by atoms with Crippen LogP contribution in [0.3, 0.4) is 0 Å². The lowest BCUT2D eigenvalue weighted by molar-refractivity contribution is -0.119. The molecule has 0 saturated heterocycles. The molecule has 0 saturated carbocycles. The summed E-state index contributed by atoms with van der Waals surface area (Å²) >= 11 is 0. The summed E-state index contributed by atoms with van der Waals surface area (Å²) in [6.07, 6.45) is -0.280. The van der Waals surface area contributed by atoms with Crippen LogP contribution in [0.4, 0.5) is 17.1 Å². The van der Waals surface area contributed by atoms with E-state index in [9.17, 15) is 13.2 Å². The number of carbonyl (C=O) groups excluding carboxylic acids is 1. The van der Waals surface area contributed by atoms with Crippen LogP contribution in [0, 0.1) is 0 Å². The molecule has 154 valence electrons. The average Bonchev–Trinajstić information content (AvgIpc) is 3.18. The van der Waals surface area contributed by atoms with Crippen LogP contribution < -0.4 is 24.9 Å². The summed E-state index contributed by atoms with van der Waals surface area (Å²) in [5, 5.41) is 9.70. The molecule has 2 heterocycles. The SMILES string of the molecule is CCS(=O)(=O)Oc1ccc(C2Nc3cc4c(cc3N2)C(C)(C)C(=O)N4)c(OC)c1. The third-order valence-electron chi connectivity index (χ3n) is 5.34. The molecule has 4 rings (SSSR count). The quantitative estimate of drug-likeness (QED) is 0.642. The van der Waals surface area contributed by atoms with Crippen LogP contribution in [0.25, 0.3) is 0 Å². The van der Waals surface area contributed by atoms with Crippen molar-refractivity contribution in [3.63, 3.8) is 0 Å². The van der Waals surface area contributed by atoms with Gasteiger partial charge < -0.3 is 24.9 Å². The number of nitrogens with one attached hydrogen (secondary N) is 3. The van der Waals surface area contributed by atoms with Gasteiger partial charge in [0.15, 0.2) is 0 Å². The van der Waals surface area contributed by atoms with Gasteiger partial charge in [0.2, 0.25) is 5.91 Å². The van der Waals surface area contributed by atoms with Crippen molar-refractivity contribution in [2.45, 2.75) is 32.4 Å². The van der Waals surface area contributed by atoms with Crippen molar-refractivity contribution in [2.75, 3.05) is 28.8 Å². The zero-order valence-corrected chi connectivity index (χ0v) is 17.4. The molecule has 0 spiro atoms. The van der Waals surface area contributed by atoms with Crippen molar-refractivity contribution >= 4 is 33.1 Å². The first-order chi connectivity index (χ1) is 13.6. The first-order valence-corrected chi connectivity index (χ1v) is 10.9. The molecule has 1 atom stereocenters. The predicted molar refractivity (Wildman–Crippen MR) is 111 cm³/mol.